The molecule has 2 aromatic carbocycles. The fourth-order valence-corrected chi connectivity index (χ4v) is 3.75. The Labute approximate surface area is 178 Å². The van der Waals surface area contributed by atoms with Crippen molar-refractivity contribution in [3.05, 3.63) is 59.1 Å². The summed E-state index contributed by atoms with van der Waals surface area (Å²) in [4.78, 5) is 14.2. The Bertz CT molecular complexity index is 986. The Kier molecular flexibility index (Phi) is 7.59. The largest absolute Gasteiger partial charge is 0.416 e. The lowest BCUT2D eigenvalue weighted by Gasteiger charge is -2.24. The molecule has 0 aliphatic rings. The second-order valence-electron chi connectivity index (χ2n) is 6.54. The number of benzene rings is 2. The van der Waals surface area contributed by atoms with Crippen molar-refractivity contribution in [1.29, 1.82) is 0 Å². The van der Waals surface area contributed by atoms with Gasteiger partial charge in [0.1, 0.15) is 6.54 Å². The van der Waals surface area contributed by atoms with Gasteiger partial charge in [0.15, 0.2) is 0 Å². The van der Waals surface area contributed by atoms with Crippen LogP contribution in [0.2, 0.25) is 5.02 Å². The number of carbonyl (C=O) groups excluding carboxylic acids is 1. The van der Waals surface area contributed by atoms with E-state index < -0.39 is 39.9 Å². The number of anilines is 2. The van der Waals surface area contributed by atoms with E-state index in [2.05, 4.69) is 5.32 Å². The molecule has 0 aromatic heterocycles. The van der Waals surface area contributed by atoms with E-state index in [9.17, 15) is 26.4 Å². The predicted molar refractivity (Wildman–Crippen MR) is 111 cm³/mol. The van der Waals surface area contributed by atoms with Gasteiger partial charge < -0.3 is 10.2 Å². The number of rotatable bonds is 8. The molecular formula is C19H21ClF3N3O3S. The van der Waals surface area contributed by atoms with E-state index >= 15 is 0 Å². The number of nitrogens with one attached hydrogen (secondary N) is 1. The molecule has 0 heterocycles. The van der Waals surface area contributed by atoms with Crippen molar-refractivity contribution in [2.45, 2.75) is 6.18 Å². The van der Waals surface area contributed by atoms with Crippen molar-refractivity contribution in [1.82, 2.24) is 5.32 Å². The molecule has 1 N–H and O–H groups in total. The minimum atomic E-state index is -4.69. The number of likely N-dealkylation sites (N-methyl/N-ethyl adjacent to an activating group) is 1. The Morgan fingerprint density at radius 3 is 2.33 bits per heavy atom. The topological polar surface area (TPSA) is 69.7 Å². The summed E-state index contributed by atoms with van der Waals surface area (Å²) in [5.41, 5.74) is -0.550. The van der Waals surface area contributed by atoms with Crippen LogP contribution in [0.5, 0.6) is 0 Å². The van der Waals surface area contributed by atoms with Gasteiger partial charge in [-0.15, -0.1) is 0 Å². The molecule has 0 unspecified atom stereocenters. The lowest BCUT2D eigenvalue weighted by molar-refractivity contribution is -0.137. The van der Waals surface area contributed by atoms with E-state index in [1.807, 2.05) is 42.3 Å². The van der Waals surface area contributed by atoms with Crippen LogP contribution in [0.3, 0.4) is 0 Å². The smallest absolute Gasteiger partial charge is 0.373 e. The predicted octanol–water partition coefficient (Wildman–Crippen LogP) is 3.38. The lowest BCUT2D eigenvalue weighted by Crippen LogP contribution is -2.42. The SMILES string of the molecule is CN(CCNC(=O)CN(c1cc(C(F)(F)F)ccc1Cl)S(C)(=O)=O)c1ccccc1. The van der Waals surface area contributed by atoms with Gasteiger partial charge in [-0.3, -0.25) is 9.10 Å². The zero-order valence-electron chi connectivity index (χ0n) is 16.3. The van der Waals surface area contributed by atoms with Gasteiger partial charge in [-0.05, 0) is 30.3 Å². The molecule has 164 valence electrons. The first-order valence-electron chi connectivity index (χ1n) is 8.77. The lowest BCUT2D eigenvalue weighted by atomic mass is 10.2. The summed E-state index contributed by atoms with van der Waals surface area (Å²) in [5.74, 6) is -0.671. The van der Waals surface area contributed by atoms with Crippen LogP contribution in [0.1, 0.15) is 5.56 Å². The number of carbonyl (C=O) groups is 1. The number of nitrogens with zero attached hydrogens (tertiary/aromatic N) is 2. The first-order valence-corrected chi connectivity index (χ1v) is 11.0. The molecule has 30 heavy (non-hydrogen) atoms. The monoisotopic (exact) mass is 463 g/mol. The summed E-state index contributed by atoms with van der Waals surface area (Å²) in [6, 6.07) is 11.7. The highest BCUT2D eigenvalue weighted by atomic mass is 35.5. The fourth-order valence-electron chi connectivity index (χ4n) is 2.62. The third-order valence-electron chi connectivity index (χ3n) is 4.20. The zero-order chi connectivity index (χ0) is 22.5. The maximum absolute atomic E-state index is 13.0. The molecule has 11 heteroatoms. The van der Waals surface area contributed by atoms with Crippen molar-refractivity contribution in [2.75, 3.05) is 42.1 Å². The van der Waals surface area contributed by atoms with Gasteiger partial charge >= 0.3 is 6.18 Å². The van der Waals surface area contributed by atoms with Crippen LogP contribution in [0.25, 0.3) is 0 Å². The minimum absolute atomic E-state index is 0.207. The van der Waals surface area contributed by atoms with Crippen LogP contribution in [-0.2, 0) is 21.0 Å². The van der Waals surface area contributed by atoms with E-state index in [1.54, 1.807) is 0 Å². The summed E-state index contributed by atoms with van der Waals surface area (Å²) < 4.78 is 63.9. The molecule has 0 aliphatic carbocycles. The molecule has 0 saturated heterocycles. The van der Waals surface area contributed by atoms with Gasteiger partial charge in [0.05, 0.1) is 22.5 Å². The Hall–Kier alpha value is -2.46. The number of hydrogen-bond donors (Lipinski definition) is 1. The summed E-state index contributed by atoms with van der Waals surface area (Å²) >= 11 is 5.93. The van der Waals surface area contributed by atoms with Gasteiger partial charge in [0, 0.05) is 25.8 Å². The first kappa shape index (κ1) is 23.8. The van der Waals surface area contributed by atoms with Crippen molar-refractivity contribution < 1.29 is 26.4 Å². The van der Waals surface area contributed by atoms with E-state index in [0.717, 1.165) is 24.1 Å². The molecular weight excluding hydrogens is 443 g/mol. The highest BCUT2D eigenvalue weighted by Gasteiger charge is 2.33. The van der Waals surface area contributed by atoms with Gasteiger partial charge in [0.2, 0.25) is 15.9 Å². The fraction of sp³-hybridized carbons (Fsp3) is 0.316. The third-order valence-corrected chi connectivity index (χ3v) is 5.64. The number of hydrogen-bond acceptors (Lipinski definition) is 4. The van der Waals surface area contributed by atoms with Crippen LogP contribution in [0, 0.1) is 0 Å². The first-order chi connectivity index (χ1) is 13.9. The molecule has 0 aliphatic heterocycles. The van der Waals surface area contributed by atoms with Crippen LogP contribution >= 0.6 is 11.6 Å². The summed E-state index contributed by atoms with van der Waals surface area (Å²) in [6.45, 7) is -0.0496. The maximum Gasteiger partial charge on any atom is 0.416 e. The average molecular weight is 464 g/mol. The molecule has 0 radical (unpaired) electrons. The summed E-state index contributed by atoms with van der Waals surface area (Å²) in [6.07, 6.45) is -3.90. The Balaban J connectivity index is 2.10. The third kappa shape index (κ3) is 6.53. The molecule has 2 aromatic rings. The molecule has 0 bridgehead atoms. The van der Waals surface area contributed by atoms with Gasteiger partial charge in [-0.2, -0.15) is 13.2 Å². The van der Waals surface area contributed by atoms with Crippen molar-refractivity contribution in [2.24, 2.45) is 0 Å². The minimum Gasteiger partial charge on any atom is -0.373 e. The molecule has 2 rings (SSSR count). The number of sulfonamides is 1. The molecule has 6 nitrogen and oxygen atoms in total. The van der Waals surface area contributed by atoms with Crippen LogP contribution in [0.4, 0.5) is 24.5 Å². The van der Waals surface area contributed by atoms with E-state index in [0.29, 0.717) is 16.9 Å². The second-order valence-corrected chi connectivity index (χ2v) is 8.85. The van der Waals surface area contributed by atoms with E-state index in [-0.39, 0.29) is 11.6 Å². The van der Waals surface area contributed by atoms with E-state index in [1.165, 1.54) is 0 Å². The quantitative estimate of drug-likeness (QED) is 0.651. The second kappa shape index (κ2) is 9.57. The Morgan fingerprint density at radius 2 is 1.77 bits per heavy atom. The number of alkyl halides is 3. The van der Waals surface area contributed by atoms with Gasteiger partial charge in [-0.25, -0.2) is 8.42 Å². The van der Waals surface area contributed by atoms with Crippen molar-refractivity contribution in [3.8, 4) is 0 Å². The molecule has 0 fully saturated rings. The maximum atomic E-state index is 13.0. The van der Waals surface area contributed by atoms with Crippen LogP contribution in [0.15, 0.2) is 48.5 Å². The van der Waals surface area contributed by atoms with Gasteiger partial charge in [-0.1, -0.05) is 29.8 Å². The van der Waals surface area contributed by atoms with Crippen molar-refractivity contribution >= 4 is 38.9 Å². The number of halogens is 4. The van der Waals surface area contributed by atoms with E-state index in [4.69, 9.17) is 11.6 Å². The molecule has 0 atom stereocenters. The molecule has 0 spiro atoms. The normalized spacial score (nSPS) is 11.8. The number of para-hydroxylation sites is 1. The number of amides is 1. The standard InChI is InChI=1S/C19H21ClF3N3O3S/c1-25(15-6-4-3-5-7-15)11-10-24-18(27)13-26(30(2,28)29)17-12-14(19(21,22)23)8-9-16(17)20/h3-9,12H,10-11,13H2,1-2H3,(H,24,27). The van der Waals surface area contributed by atoms with Crippen LogP contribution in [-0.4, -0.2) is 47.3 Å². The molecule has 1 amide bonds. The van der Waals surface area contributed by atoms with Crippen LogP contribution < -0.4 is 14.5 Å². The Morgan fingerprint density at radius 1 is 1.13 bits per heavy atom. The zero-order valence-corrected chi connectivity index (χ0v) is 17.9. The summed E-state index contributed by atoms with van der Waals surface area (Å²) in [5, 5.41) is 2.35. The highest BCUT2D eigenvalue weighted by molar-refractivity contribution is 7.92. The molecule has 0 saturated carbocycles. The highest BCUT2D eigenvalue weighted by Crippen LogP contribution is 2.36. The summed E-state index contributed by atoms with van der Waals surface area (Å²) in [7, 11) is -2.25. The van der Waals surface area contributed by atoms with Gasteiger partial charge in [0.25, 0.3) is 0 Å². The van der Waals surface area contributed by atoms with Crippen molar-refractivity contribution in [3.63, 3.8) is 0 Å². The average Bonchev–Trinajstić information content (AvgIpc) is 2.65.